The van der Waals surface area contributed by atoms with Crippen LogP contribution in [0.15, 0.2) is 0 Å². The first-order valence-corrected chi connectivity index (χ1v) is 1.71. The Bertz CT molecular complexity index is 29.0. The van der Waals surface area contributed by atoms with Gasteiger partial charge in [0.1, 0.15) is 0 Å². The molecule has 0 amide bonds. The van der Waals surface area contributed by atoms with Crippen molar-refractivity contribution in [1.82, 2.24) is 0 Å². The third kappa shape index (κ3) is 69.1. The summed E-state index contributed by atoms with van der Waals surface area (Å²) in [7, 11) is 0. The second-order valence-electron chi connectivity index (χ2n) is 0.238. The molecule has 0 saturated heterocycles. The van der Waals surface area contributed by atoms with Gasteiger partial charge >= 0.3 is 36.5 Å². The summed E-state index contributed by atoms with van der Waals surface area (Å²) in [4.78, 5) is 8.83. The van der Waals surface area contributed by atoms with Gasteiger partial charge < -0.3 is 0 Å². The van der Waals surface area contributed by atoms with E-state index in [9.17, 15) is 0 Å². The molecule has 2 radical (unpaired) electrons. The number of hydrogen-bond acceptors (Lipinski definition) is 2. The first-order valence-electron chi connectivity index (χ1n) is 0.565. The van der Waals surface area contributed by atoms with Crippen LogP contribution in [0.2, 0.25) is 0 Å². The van der Waals surface area contributed by atoms with Crippen molar-refractivity contribution >= 4 is 23.3 Å². The average molecular weight is 168 g/mol. The molecule has 0 aromatic heterocycles. The molecule has 0 atom stereocenters. The maximum atomic E-state index is 8.83. The summed E-state index contributed by atoms with van der Waals surface area (Å²) in [5.41, 5.74) is 0. The molecule has 0 spiro atoms. The van der Waals surface area contributed by atoms with Crippen LogP contribution in [0.4, 0.5) is 0 Å². The Hall–Kier alpha value is 0.218. The van der Waals surface area contributed by atoms with Gasteiger partial charge in [-0.05, 0) is 0 Å². The predicted molar refractivity (Wildman–Crippen MR) is 12.7 cm³/mol. The fourth-order valence-electron chi connectivity index (χ4n) is 0. The molecule has 0 saturated carbocycles. The van der Waals surface area contributed by atoms with E-state index >= 15 is 0 Å². The Morgan fingerprint density at radius 3 is 2.00 bits per heavy atom. The van der Waals surface area contributed by atoms with E-state index in [2.05, 4.69) is 0 Å². The second kappa shape index (κ2) is 1.53. The van der Waals surface area contributed by atoms with E-state index in [0.717, 1.165) is 0 Å². The Labute approximate surface area is 37.0 Å². The van der Waals surface area contributed by atoms with Gasteiger partial charge in [0, 0.05) is 0 Å². The minimum absolute atomic E-state index is 0.450. The summed E-state index contributed by atoms with van der Waals surface area (Å²) in [6, 6.07) is 0. The van der Waals surface area contributed by atoms with Crippen LogP contribution < -0.4 is 0 Å². The molecule has 0 aliphatic heterocycles. The summed E-state index contributed by atoms with van der Waals surface area (Å²) in [6.45, 7) is 0. The molecule has 0 rings (SSSR count). The van der Waals surface area contributed by atoms with Gasteiger partial charge in [-0.15, -0.1) is 0 Å². The van der Waals surface area contributed by atoms with Gasteiger partial charge in [-0.3, -0.25) is 0 Å². The molecule has 0 heterocycles. The van der Waals surface area contributed by atoms with Gasteiger partial charge in [-0.2, -0.15) is 0 Å². The SMILES string of the molecule is O=[N+]([O-])[Sb]. The van der Waals surface area contributed by atoms with Crippen molar-refractivity contribution in [3.63, 3.8) is 0 Å². The van der Waals surface area contributed by atoms with E-state index in [1.807, 2.05) is 0 Å². The molecule has 0 bridgehead atoms. The molecule has 0 fully saturated rings. The third-order valence-corrected chi connectivity index (χ3v) is 0. The van der Waals surface area contributed by atoms with Gasteiger partial charge in [-0.1, -0.05) is 0 Å². The van der Waals surface area contributed by atoms with Crippen LogP contribution in [0.5, 0.6) is 0 Å². The monoisotopic (exact) mass is 167 g/mol. The molecule has 0 aromatic rings. The van der Waals surface area contributed by atoms with Crippen LogP contribution in [-0.2, 0) is 0 Å². The molecule has 4 heteroatoms. The fraction of sp³-hybridized carbons (Fsp3) is 0. The topological polar surface area (TPSA) is 43.1 Å². The van der Waals surface area contributed by atoms with Crippen molar-refractivity contribution in [3.8, 4) is 0 Å². The van der Waals surface area contributed by atoms with Crippen LogP contribution in [0.25, 0.3) is 0 Å². The fourth-order valence-corrected chi connectivity index (χ4v) is 0. The van der Waals surface area contributed by atoms with Crippen molar-refractivity contribution in [2.24, 2.45) is 0 Å². The van der Waals surface area contributed by atoms with Gasteiger partial charge in [0.2, 0.25) is 0 Å². The molecular weight excluding hydrogens is 168 g/mol. The molecular formula is NO2Sb. The first kappa shape index (κ1) is 4.22. The molecule has 0 aliphatic carbocycles. The Morgan fingerprint density at radius 1 is 2.00 bits per heavy atom. The van der Waals surface area contributed by atoms with E-state index in [0.29, 0.717) is 23.3 Å². The van der Waals surface area contributed by atoms with Crippen LogP contribution in [0, 0.1) is 10.1 Å². The van der Waals surface area contributed by atoms with Crippen LogP contribution >= 0.6 is 0 Å². The molecule has 3 nitrogen and oxygen atoms in total. The van der Waals surface area contributed by atoms with Crippen LogP contribution in [0.3, 0.4) is 0 Å². The standard InChI is InChI=1S/NO2.Sb/c2-1-3;. The Kier molecular flexibility index (Phi) is 1.61. The Balaban J connectivity index is 2.80. The van der Waals surface area contributed by atoms with E-state index in [-0.39, 0.29) is 0 Å². The number of nitrogens with zero attached hydrogens (tertiary/aromatic N) is 1. The van der Waals surface area contributed by atoms with Crippen LogP contribution in [0.1, 0.15) is 0 Å². The molecule has 4 heavy (non-hydrogen) atoms. The van der Waals surface area contributed by atoms with Crippen molar-refractivity contribution in [2.45, 2.75) is 0 Å². The van der Waals surface area contributed by atoms with Gasteiger partial charge in [0.05, 0.1) is 0 Å². The minimum atomic E-state index is -0.450. The molecule has 0 N–H and O–H groups in total. The quantitative estimate of drug-likeness (QED) is 0.274. The number of hydrogen-bond donors (Lipinski definition) is 0. The van der Waals surface area contributed by atoms with Gasteiger partial charge in [0.25, 0.3) is 0 Å². The zero-order valence-electron chi connectivity index (χ0n) is 1.71. The van der Waals surface area contributed by atoms with Gasteiger partial charge in [0.15, 0.2) is 0 Å². The van der Waals surface area contributed by atoms with Crippen LogP contribution in [-0.4, -0.2) is 26.4 Å². The second-order valence-corrected chi connectivity index (χ2v) is 1.17. The normalized spacial score (nSPS) is 6.25. The van der Waals surface area contributed by atoms with Crippen molar-refractivity contribution in [1.29, 1.82) is 0 Å². The molecule has 0 aliphatic rings. The molecule has 0 aromatic carbocycles. The molecule has 22 valence electrons. The summed E-state index contributed by atoms with van der Waals surface area (Å²) < 4.78 is -0.450. The Morgan fingerprint density at radius 2 is 2.00 bits per heavy atom. The number of rotatable bonds is 0. The number of nitro groups is 1. The van der Waals surface area contributed by atoms with Crippen molar-refractivity contribution in [3.05, 3.63) is 10.1 Å². The summed E-state index contributed by atoms with van der Waals surface area (Å²) in [5.74, 6) is 0. The summed E-state index contributed by atoms with van der Waals surface area (Å²) in [6.07, 6.45) is 0. The van der Waals surface area contributed by atoms with Crippen molar-refractivity contribution in [2.75, 3.05) is 0 Å². The third-order valence-electron chi connectivity index (χ3n) is 0. The van der Waals surface area contributed by atoms with E-state index in [4.69, 9.17) is 10.1 Å². The average Bonchev–Trinajstić information content (AvgIpc) is 0.811. The summed E-state index contributed by atoms with van der Waals surface area (Å²) in [5, 5.41) is 8.83. The maximum absolute atomic E-state index is 8.83. The zero-order valence-corrected chi connectivity index (χ0v) is 4.26. The van der Waals surface area contributed by atoms with E-state index < -0.39 is 3.08 Å². The van der Waals surface area contributed by atoms with Gasteiger partial charge in [-0.25, -0.2) is 0 Å². The van der Waals surface area contributed by atoms with Crippen molar-refractivity contribution < 1.29 is 3.08 Å². The zero-order chi connectivity index (χ0) is 3.58. The molecule has 0 unspecified atom stereocenters. The van der Waals surface area contributed by atoms with E-state index in [1.54, 1.807) is 0 Å². The first-order chi connectivity index (χ1) is 1.73. The predicted octanol–water partition coefficient (Wildman–Crippen LogP) is -0.653. The van der Waals surface area contributed by atoms with E-state index in [1.165, 1.54) is 0 Å². The summed E-state index contributed by atoms with van der Waals surface area (Å²) >= 11 is 0.594.